The lowest BCUT2D eigenvalue weighted by molar-refractivity contribution is -0.118. The van der Waals surface area contributed by atoms with Crippen LogP contribution in [-0.4, -0.2) is 32.6 Å². The normalized spacial score (nSPS) is 10.1. The van der Waals surface area contributed by atoms with Gasteiger partial charge in [0.2, 0.25) is 0 Å². The van der Waals surface area contributed by atoms with Gasteiger partial charge in [-0.05, 0) is 42.8 Å². The number of benzene rings is 2. The molecule has 132 valence electrons. The molecule has 2 rings (SSSR count). The zero-order valence-corrected chi connectivity index (χ0v) is 14.9. The molecule has 0 aliphatic carbocycles. The van der Waals surface area contributed by atoms with Crippen molar-refractivity contribution >= 4 is 29.1 Å². The molecule has 0 aliphatic rings. The fourth-order valence-electron chi connectivity index (χ4n) is 2.15. The Balaban J connectivity index is 2.02. The van der Waals surface area contributed by atoms with Gasteiger partial charge in [-0.25, -0.2) is 0 Å². The third-order valence-corrected chi connectivity index (χ3v) is 3.73. The standard InChI is InChI=1S/C18H19ClN2O4/c1-11-4-7-15(16(8-11)24-3)25-10-17(22)21-12-5-6-14(19)13(9-12)18(23)20-2/h4-9H,10H2,1-3H3,(H,20,23)(H,21,22). The predicted molar refractivity (Wildman–Crippen MR) is 96.7 cm³/mol. The molecule has 2 N–H and O–H groups in total. The second kappa shape index (κ2) is 8.39. The number of methoxy groups -OCH3 is 1. The minimum Gasteiger partial charge on any atom is -0.493 e. The van der Waals surface area contributed by atoms with E-state index in [2.05, 4.69) is 10.6 Å². The van der Waals surface area contributed by atoms with Crippen molar-refractivity contribution in [1.82, 2.24) is 5.32 Å². The van der Waals surface area contributed by atoms with Gasteiger partial charge in [0, 0.05) is 12.7 Å². The van der Waals surface area contributed by atoms with Gasteiger partial charge in [0.15, 0.2) is 18.1 Å². The van der Waals surface area contributed by atoms with Crippen LogP contribution in [0, 0.1) is 6.92 Å². The molecule has 7 heteroatoms. The third-order valence-electron chi connectivity index (χ3n) is 3.40. The van der Waals surface area contributed by atoms with Crippen LogP contribution in [-0.2, 0) is 4.79 Å². The average molecular weight is 363 g/mol. The van der Waals surface area contributed by atoms with Crippen LogP contribution in [0.5, 0.6) is 11.5 Å². The summed E-state index contributed by atoms with van der Waals surface area (Å²) in [7, 11) is 3.04. The van der Waals surface area contributed by atoms with Crippen LogP contribution in [0.3, 0.4) is 0 Å². The number of rotatable bonds is 6. The molecule has 0 aliphatic heterocycles. The summed E-state index contributed by atoms with van der Waals surface area (Å²) in [4.78, 5) is 23.8. The van der Waals surface area contributed by atoms with Gasteiger partial charge in [-0.15, -0.1) is 0 Å². The Hall–Kier alpha value is -2.73. The van der Waals surface area contributed by atoms with Crippen molar-refractivity contribution in [3.05, 3.63) is 52.5 Å². The van der Waals surface area contributed by atoms with Gasteiger partial charge < -0.3 is 20.1 Å². The summed E-state index contributed by atoms with van der Waals surface area (Å²) in [6, 6.07) is 10.1. The monoisotopic (exact) mass is 362 g/mol. The highest BCUT2D eigenvalue weighted by molar-refractivity contribution is 6.34. The summed E-state index contributed by atoms with van der Waals surface area (Å²) >= 11 is 5.98. The maximum Gasteiger partial charge on any atom is 0.262 e. The van der Waals surface area contributed by atoms with Crippen LogP contribution in [0.4, 0.5) is 5.69 Å². The summed E-state index contributed by atoms with van der Waals surface area (Å²) in [5, 5.41) is 5.46. The number of ether oxygens (including phenoxy) is 2. The lowest BCUT2D eigenvalue weighted by Gasteiger charge is -2.12. The number of aryl methyl sites for hydroxylation is 1. The average Bonchev–Trinajstić information content (AvgIpc) is 2.61. The summed E-state index contributed by atoms with van der Waals surface area (Å²) in [5.41, 5.74) is 1.76. The molecule has 0 spiro atoms. The first kappa shape index (κ1) is 18.6. The van der Waals surface area contributed by atoms with Crippen LogP contribution in [0.1, 0.15) is 15.9 Å². The molecule has 2 aromatic rings. The van der Waals surface area contributed by atoms with Crippen molar-refractivity contribution in [3.8, 4) is 11.5 Å². The minimum atomic E-state index is -0.368. The molecule has 0 radical (unpaired) electrons. The van der Waals surface area contributed by atoms with Gasteiger partial charge in [-0.2, -0.15) is 0 Å². The Morgan fingerprint density at radius 1 is 1.12 bits per heavy atom. The molecule has 2 aromatic carbocycles. The number of nitrogens with one attached hydrogen (secondary N) is 2. The second-order valence-electron chi connectivity index (χ2n) is 5.26. The molecule has 0 aromatic heterocycles. The minimum absolute atomic E-state index is 0.197. The molecular formula is C18H19ClN2O4. The topological polar surface area (TPSA) is 76.7 Å². The first-order valence-electron chi connectivity index (χ1n) is 7.53. The van der Waals surface area contributed by atoms with Gasteiger partial charge >= 0.3 is 0 Å². The molecule has 0 unspecified atom stereocenters. The quantitative estimate of drug-likeness (QED) is 0.828. The number of carbonyl (C=O) groups excluding carboxylic acids is 2. The Bertz CT molecular complexity index is 793. The van der Waals surface area contributed by atoms with Gasteiger partial charge in [0.25, 0.3) is 11.8 Å². The van der Waals surface area contributed by atoms with Crippen molar-refractivity contribution in [3.63, 3.8) is 0 Å². The molecule has 2 amide bonds. The smallest absolute Gasteiger partial charge is 0.262 e. The highest BCUT2D eigenvalue weighted by Crippen LogP contribution is 2.27. The van der Waals surface area contributed by atoms with E-state index in [4.69, 9.17) is 21.1 Å². The van der Waals surface area contributed by atoms with Crippen molar-refractivity contribution in [2.45, 2.75) is 6.92 Å². The molecule has 0 saturated heterocycles. The molecule has 6 nitrogen and oxygen atoms in total. The zero-order valence-electron chi connectivity index (χ0n) is 14.2. The van der Waals surface area contributed by atoms with Crippen LogP contribution in [0.25, 0.3) is 0 Å². The van der Waals surface area contributed by atoms with E-state index in [0.717, 1.165) is 5.56 Å². The van der Waals surface area contributed by atoms with E-state index in [-0.39, 0.29) is 24.0 Å². The van der Waals surface area contributed by atoms with E-state index in [1.807, 2.05) is 19.1 Å². The number of halogens is 1. The predicted octanol–water partition coefficient (Wildman–Crippen LogP) is 3.03. The maximum absolute atomic E-state index is 12.1. The number of carbonyl (C=O) groups is 2. The van der Waals surface area contributed by atoms with Crippen molar-refractivity contribution in [2.24, 2.45) is 0 Å². The molecule has 0 heterocycles. The molecule has 0 bridgehead atoms. The van der Waals surface area contributed by atoms with E-state index >= 15 is 0 Å². The Labute approximate surface area is 151 Å². The molecule has 25 heavy (non-hydrogen) atoms. The molecular weight excluding hydrogens is 344 g/mol. The Morgan fingerprint density at radius 2 is 1.88 bits per heavy atom. The second-order valence-corrected chi connectivity index (χ2v) is 5.67. The van der Waals surface area contributed by atoms with Gasteiger partial charge in [-0.1, -0.05) is 17.7 Å². The summed E-state index contributed by atoms with van der Waals surface area (Å²) < 4.78 is 10.7. The fraction of sp³-hybridized carbons (Fsp3) is 0.222. The van der Waals surface area contributed by atoms with Gasteiger partial charge in [-0.3, -0.25) is 9.59 Å². The first-order chi connectivity index (χ1) is 11.9. The number of amides is 2. The lowest BCUT2D eigenvalue weighted by atomic mass is 10.2. The van der Waals surface area contributed by atoms with Crippen molar-refractivity contribution in [2.75, 3.05) is 26.1 Å². The first-order valence-corrected chi connectivity index (χ1v) is 7.91. The van der Waals surface area contributed by atoms with E-state index in [0.29, 0.717) is 22.2 Å². The fourth-order valence-corrected chi connectivity index (χ4v) is 2.35. The SMILES string of the molecule is CNC(=O)c1cc(NC(=O)COc2ccc(C)cc2OC)ccc1Cl. The van der Waals surface area contributed by atoms with Crippen LogP contribution in [0.15, 0.2) is 36.4 Å². The van der Waals surface area contributed by atoms with E-state index in [9.17, 15) is 9.59 Å². The summed E-state index contributed by atoms with van der Waals surface area (Å²) in [6.45, 7) is 1.74. The highest BCUT2D eigenvalue weighted by Gasteiger charge is 2.12. The largest absolute Gasteiger partial charge is 0.493 e. The van der Waals surface area contributed by atoms with Crippen molar-refractivity contribution in [1.29, 1.82) is 0 Å². The summed E-state index contributed by atoms with van der Waals surface area (Å²) in [5.74, 6) is 0.334. The molecule has 0 fully saturated rings. The lowest BCUT2D eigenvalue weighted by Crippen LogP contribution is -2.21. The molecule has 0 atom stereocenters. The van der Waals surface area contributed by atoms with Crippen molar-refractivity contribution < 1.29 is 19.1 Å². The van der Waals surface area contributed by atoms with Crippen LogP contribution >= 0.6 is 11.6 Å². The van der Waals surface area contributed by atoms with Gasteiger partial charge in [0.1, 0.15) is 0 Å². The third kappa shape index (κ3) is 4.87. The number of hydrogen-bond donors (Lipinski definition) is 2. The van der Waals surface area contributed by atoms with E-state index in [1.165, 1.54) is 20.2 Å². The number of anilines is 1. The van der Waals surface area contributed by atoms with Gasteiger partial charge in [0.05, 0.1) is 17.7 Å². The zero-order chi connectivity index (χ0) is 18.4. The van der Waals surface area contributed by atoms with E-state index < -0.39 is 0 Å². The highest BCUT2D eigenvalue weighted by atomic mass is 35.5. The van der Waals surface area contributed by atoms with Crippen LogP contribution in [0.2, 0.25) is 5.02 Å². The summed E-state index contributed by atoms with van der Waals surface area (Å²) in [6.07, 6.45) is 0. The Kier molecular flexibility index (Phi) is 6.25. The number of hydrogen-bond acceptors (Lipinski definition) is 4. The van der Waals surface area contributed by atoms with Crippen LogP contribution < -0.4 is 20.1 Å². The Morgan fingerprint density at radius 3 is 2.56 bits per heavy atom. The maximum atomic E-state index is 12.1. The van der Waals surface area contributed by atoms with E-state index in [1.54, 1.807) is 18.2 Å². The molecule has 0 saturated carbocycles.